The van der Waals surface area contributed by atoms with Gasteiger partial charge in [0.2, 0.25) is 0 Å². The Hall–Kier alpha value is -1.29. The number of nitrogens with zero attached hydrogens (tertiary/aromatic N) is 1. The fourth-order valence-electron chi connectivity index (χ4n) is 1.52. The van der Waals surface area contributed by atoms with E-state index in [1.54, 1.807) is 30.5 Å². The predicted molar refractivity (Wildman–Crippen MR) is 70.0 cm³/mol. The maximum atomic E-state index is 8.98. The molecule has 0 aliphatic heterocycles. The number of rotatable bonds is 2. The molecule has 3 N–H and O–H groups in total. The summed E-state index contributed by atoms with van der Waals surface area (Å²) in [5, 5.41) is 10.0. The molecule has 0 radical (unpaired) electrons. The van der Waals surface area contributed by atoms with Gasteiger partial charge in [0.05, 0.1) is 23.0 Å². The van der Waals surface area contributed by atoms with E-state index < -0.39 is 0 Å². The van der Waals surface area contributed by atoms with Crippen molar-refractivity contribution in [1.82, 2.24) is 4.98 Å². The smallest absolute Gasteiger partial charge is 0.0946 e. The van der Waals surface area contributed by atoms with Crippen LogP contribution in [0.5, 0.6) is 0 Å². The SMILES string of the molecule is Nc1cc(CO)cnc1-c1ccc(Cl)cc1Cl. The molecule has 0 unspecified atom stereocenters. The lowest BCUT2D eigenvalue weighted by Gasteiger charge is -2.08. The van der Waals surface area contributed by atoms with Crippen molar-refractivity contribution in [2.24, 2.45) is 0 Å². The van der Waals surface area contributed by atoms with E-state index >= 15 is 0 Å². The fourth-order valence-corrected chi connectivity index (χ4v) is 2.02. The predicted octanol–water partition coefficient (Wildman–Crippen LogP) is 3.13. The zero-order valence-electron chi connectivity index (χ0n) is 8.82. The van der Waals surface area contributed by atoms with Gasteiger partial charge in [0.25, 0.3) is 0 Å². The summed E-state index contributed by atoms with van der Waals surface area (Å²) in [6, 6.07) is 6.80. The third kappa shape index (κ3) is 2.52. The first-order valence-corrected chi connectivity index (χ1v) is 5.68. The quantitative estimate of drug-likeness (QED) is 0.880. The van der Waals surface area contributed by atoms with E-state index in [-0.39, 0.29) is 6.61 Å². The number of anilines is 1. The van der Waals surface area contributed by atoms with Crippen molar-refractivity contribution < 1.29 is 5.11 Å². The number of hydrogen-bond donors (Lipinski definition) is 2. The maximum absolute atomic E-state index is 8.98. The second-order valence-electron chi connectivity index (χ2n) is 3.56. The lowest BCUT2D eigenvalue weighted by molar-refractivity contribution is 0.281. The summed E-state index contributed by atoms with van der Waals surface area (Å²) in [4.78, 5) is 4.20. The van der Waals surface area contributed by atoms with Crippen molar-refractivity contribution in [2.45, 2.75) is 6.61 Å². The molecule has 0 bridgehead atoms. The second kappa shape index (κ2) is 4.92. The van der Waals surface area contributed by atoms with E-state index in [1.165, 1.54) is 0 Å². The highest BCUT2D eigenvalue weighted by Crippen LogP contribution is 2.32. The molecule has 0 fully saturated rings. The molecule has 17 heavy (non-hydrogen) atoms. The van der Waals surface area contributed by atoms with Crippen molar-refractivity contribution in [3.8, 4) is 11.3 Å². The first-order valence-electron chi connectivity index (χ1n) is 4.92. The van der Waals surface area contributed by atoms with Crippen LogP contribution in [0.2, 0.25) is 10.0 Å². The largest absolute Gasteiger partial charge is 0.397 e. The Morgan fingerprint density at radius 3 is 2.59 bits per heavy atom. The topological polar surface area (TPSA) is 59.1 Å². The molecule has 1 aromatic heterocycles. The molecule has 0 amide bonds. The van der Waals surface area contributed by atoms with Crippen LogP contribution >= 0.6 is 23.2 Å². The highest BCUT2D eigenvalue weighted by atomic mass is 35.5. The number of hydrogen-bond acceptors (Lipinski definition) is 3. The summed E-state index contributed by atoms with van der Waals surface area (Å²) < 4.78 is 0. The molecule has 0 spiro atoms. The normalized spacial score (nSPS) is 10.5. The Balaban J connectivity index is 2.53. The average molecular weight is 269 g/mol. The summed E-state index contributed by atoms with van der Waals surface area (Å²) in [5.41, 5.74) is 8.31. The van der Waals surface area contributed by atoms with Gasteiger partial charge in [0.15, 0.2) is 0 Å². The molecule has 1 heterocycles. The summed E-state index contributed by atoms with van der Waals surface area (Å²) >= 11 is 11.9. The van der Waals surface area contributed by atoms with Gasteiger partial charge in [-0.25, -0.2) is 0 Å². The third-order valence-electron chi connectivity index (χ3n) is 2.34. The van der Waals surface area contributed by atoms with Crippen LogP contribution in [-0.4, -0.2) is 10.1 Å². The van der Waals surface area contributed by atoms with Gasteiger partial charge in [0.1, 0.15) is 0 Å². The van der Waals surface area contributed by atoms with Crippen molar-refractivity contribution in [3.63, 3.8) is 0 Å². The summed E-state index contributed by atoms with van der Waals surface area (Å²) in [6.07, 6.45) is 1.57. The molecule has 0 aliphatic rings. The van der Waals surface area contributed by atoms with Crippen LogP contribution in [-0.2, 0) is 6.61 Å². The Morgan fingerprint density at radius 1 is 1.24 bits per heavy atom. The van der Waals surface area contributed by atoms with Gasteiger partial charge in [-0.3, -0.25) is 4.98 Å². The fraction of sp³-hybridized carbons (Fsp3) is 0.0833. The highest BCUT2D eigenvalue weighted by Gasteiger charge is 2.09. The zero-order chi connectivity index (χ0) is 12.4. The molecule has 88 valence electrons. The second-order valence-corrected chi connectivity index (χ2v) is 4.41. The molecule has 5 heteroatoms. The Kier molecular flexibility index (Phi) is 3.52. The first kappa shape index (κ1) is 12.2. The third-order valence-corrected chi connectivity index (χ3v) is 2.89. The minimum atomic E-state index is -0.0914. The van der Waals surface area contributed by atoms with Crippen LogP contribution in [0.4, 0.5) is 5.69 Å². The van der Waals surface area contributed by atoms with Gasteiger partial charge in [-0.2, -0.15) is 0 Å². The van der Waals surface area contributed by atoms with Crippen LogP contribution in [0, 0.1) is 0 Å². The number of nitrogens with two attached hydrogens (primary N) is 1. The van der Waals surface area contributed by atoms with Gasteiger partial charge >= 0.3 is 0 Å². The van der Waals surface area contributed by atoms with Crippen LogP contribution in [0.3, 0.4) is 0 Å². The molecule has 0 saturated carbocycles. The molecule has 1 aromatic carbocycles. The molecule has 2 aromatic rings. The maximum Gasteiger partial charge on any atom is 0.0946 e. The summed E-state index contributed by atoms with van der Waals surface area (Å²) in [5.74, 6) is 0. The van der Waals surface area contributed by atoms with Gasteiger partial charge in [-0.1, -0.05) is 23.2 Å². The molecule has 0 aliphatic carbocycles. The minimum Gasteiger partial charge on any atom is -0.397 e. The minimum absolute atomic E-state index is 0.0914. The van der Waals surface area contributed by atoms with Crippen molar-refractivity contribution >= 4 is 28.9 Å². The monoisotopic (exact) mass is 268 g/mol. The van der Waals surface area contributed by atoms with Crippen LogP contribution in [0.1, 0.15) is 5.56 Å². The van der Waals surface area contributed by atoms with E-state index in [1.807, 2.05) is 0 Å². The van der Waals surface area contributed by atoms with Crippen LogP contribution < -0.4 is 5.73 Å². The van der Waals surface area contributed by atoms with Crippen LogP contribution in [0.15, 0.2) is 30.5 Å². The number of aliphatic hydroxyl groups is 1. The molecular weight excluding hydrogens is 259 g/mol. The first-order chi connectivity index (χ1) is 8.11. The van der Waals surface area contributed by atoms with Crippen molar-refractivity contribution in [1.29, 1.82) is 0 Å². The summed E-state index contributed by atoms with van der Waals surface area (Å²) in [6.45, 7) is -0.0914. The van der Waals surface area contributed by atoms with Gasteiger partial charge in [0, 0.05) is 16.8 Å². The van der Waals surface area contributed by atoms with Gasteiger partial charge in [-0.05, 0) is 29.8 Å². The molecule has 0 saturated heterocycles. The number of nitrogen functional groups attached to an aromatic ring is 1. The highest BCUT2D eigenvalue weighted by molar-refractivity contribution is 6.36. The Morgan fingerprint density at radius 2 is 2.00 bits per heavy atom. The number of halogens is 2. The molecule has 3 nitrogen and oxygen atoms in total. The summed E-state index contributed by atoms with van der Waals surface area (Å²) in [7, 11) is 0. The number of aromatic nitrogens is 1. The number of benzene rings is 1. The standard InChI is InChI=1S/C12H10Cl2N2O/c13-8-1-2-9(10(14)4-8)12-11(15)3-7(6-17)5-16-12/h1-5,17H,6,15H2. The van der Waals surface area contributed by atoms with E-state index in [0.717, 1.165) is 5.56 Å². The van der Waals surface area contributed by atoms with E-state index in [4.69, 9.17) is 34.0 Å². The van der Waals surface area contributed by atoms with Crippen molar-refractivity contribution in [3.05, 3.63) is 46.1 Å². The number of pyridine rings is 1. The van der Waals surface area contributed by atoms with Gasteiger partial charge < -0.3 is 10.8 Å². The number of aliphatic hydroxyl groups excluding tert-OH is 1. The molecular formula is C12H10Cl2N2O. The van der Waals surface area contributed by atoms with E-state index in [0.29, 0.717) is 27.0 Å². The van der Waals surface area contributed by atoms with Crippen molar-refractivity contribution in [2.75, 3.05) is 5.73 Å². The molecule has 2 rings (SSSR count). The Labute approximate surface area is 109 Å². The van der Waals surface area contributed by atoms with E-state index in [2.05, 4.69) is 4.98 Å². The lowest BCUT2D eigenvalue weighted by atomic mass is 10.1. The Bertz CT molecular complexity index is 558. The van der Waals surface area contributed by atoms with Gasteiger partial charge in [-0.15, -0.1) is 0 Å². The van der Waals surface area contributed by atoms with E-state index in [9.17, 15) is 0 Å². The average Bonchev–Trinajstić information content (AvgIpc) is 2.30. The lowest BCUT2D eigenvalue weighted by Crippen LogP contribution is -1.96. The van der Waals surface area contributed by atoms with Crippen LogP contribution in [0.25, 0.3) is 11.3 Å². The molecule has 0 atom stereocenters. The zero-order valence-corrected chi connectivity index (χ0v) is 10.3.